The van der Waals surface area contributed by atoms with Gasteiger partial charge < -0.3 is 10.2 Å². The van der Waals surface area contributed by atoms with Gasteiger partial charge in [0.15, 0.2) is 0 Å². The number of nitro groups is 1. The van der Waals surface area contributed by atoms with Crippen molar-refractivity contribution in [3.05, 3.63) is 98.5 Å². The smallest absolute Gasteiger partial charge is 0.269 e. The van der Waals surface area contributed by atoms with Crippen molar-refractivity contribution >= 4 is 56.4 Å². The van der Waals surface area contributed by atoms with Crippen molar-refractivity contribution in [3.8, 4) is 0 Å². The molecule has 0 heterocycles. The van der Waals surface area contributed by atoms with Gasteiger partial charge in [-0.05, 0) is 61.7 Å². The van der Waals surface area contributed by atoms with Gasteiger partial charge in [-0.3, -0.25) is 24.0 Å². The molecule has 0 aliphatic carbocycles. The van der Waals surface area contributed by atoms with Crippen molar-refractivity contribution in [2.75, 3.05) is 10.8 Å². The number of nitrogens with one attached hydrogen (secondary N) is 1. The van der Waals surface area contributed by atoms with Gasteiger partial charge in [0.1, 0.15) is 12.6 Å². The Hall–Kier alpha value is -3.67. The summed E-state index contributed by atoms with van der Waals surface area (Å²) in [5.74, 6) is -1.07. The van der Waals surface area contributed by atoms with Crippen molar-refractivity contribution in [1.82, 2.24) is 10.2 Å². The van der Waals surface area contributed by atoms with Gasteiger partial charge in [-0.15, -0.1) is 0 Å². The highest BCUT2D eigenvalue weighted by molar-refractivity contribution is 7.92. The summed E-state index contributed by atoms with van der Waals surface area (Å²) in [6, 6.07) is 16.0. The van der Waals surface area contributed by atoms with Crippen LogP contribution in [0.1, 0.15) is 39.2 Å². The second-order valence-corrected chi connectivity index (χ2v) is 12.3. The highest BCUT2D eigenvalue weighted by atomic mass is 35.5. The third kappa shape index (κ3) is 7.99. The number of benzene rings is 3. The molecule has 42 heavy (non-hydrogen) atoms. The summed E-state index contributed by atoms with van der Waals surface area (Å²) in [4.78, 5) is 39.3. The summed E-state index contributed by atoms with van der Waals surface area (Å²) in [6.45, 7) is 4.72. The highest BCUT2D eigenvalue weighted by Gasteiger charge is 2.34. The van der Waals surface area contributed by atoms with Gasteiger partial charge >= 0.3 is 0 Å². The molecule has 13 heteroatoms. The molecule has 0 aliphatic heterocycles. The Morgan fingerprint density at radius 3 is 2.17 bits per heavy atom. The fourth-order valence-corrected chi connectivity index (χ4v) is 6.09. The number of sulfonamides is 1. The van der Waals surface area contributed by atoms with Crippen molar-refractivity contribution in [3.63, 3.8) is 0 Å². The van der Waals surface area contributed by atoms with Crippen LogP contribution in [0.3, 0.4) is 0 Å². The molecule has 1 N–H and O–H groups in total. The Morgan fingerprint density at radius 2 is 1.62 bits per heavy atom. The molecule has 224 valence electrons. The number of carbonyl (C=O) groups is 2. The fourth-order valence-electron chi connectivity index (χ4n) is 4.18. The summed E-state index contributed by atoms with van der Waals surface area (Å²) < 4.78 is 28.5. The van der Waals surface area contributed by atoms with E-state index in [1.165, 1.54) is 35.2 Å². The zero-order chi connectivity index (χ0) is 31.0. The average Bonchev–Trinajstić information content (AvgIpc) is 2.97. The number of hydrogen-bond acceptors (Lipinski definition) is 6. The van der Waals surface area contributed by atoms with Crippen molar-refractivity contribution in [2.24, 2.45) is 0 Å². The number of hydrogen-bond donors (Lipinski definition) is 1. The predicted octanol–water partition coefficient (Wildman–Crippen LogP) is 5.82. The monoisotopic (exact) mass is 634 g/mol. The summed E-state index contributed by atoms with van der Waals surface area (Å²) in [6.07, 6.45) is 0.907. The normalized spacial score (nSPS) is 12.7. The van der Waals surface area contributed by atoms with Crippen molar-refractivity contribution < 1.29 is 22.9 Å². The summed E-state index contributed by atoms with van der Waals surface area (Å²) in [5, 5.41) is 14.8. The molecule has 0 spiro atoms. The van der Waals surface area contributed by atoms with Crippen LogP contribution < -0.4 is 9.62 Å². The lowest BCUT2D eigenvalue weighted by atomic mass is 10.1. The van der Waals surface area contributed by atoms with Gasteiger partial charge in [-0.1, -0.05) is 61.3 Å². The van der Waals surface area contributed by atoms with E-state index in [4.69, 9.17) is 23.2 Å². The van der Waals surface area contributed by atoms with E-state index >= 15 is 0 Å². The molecule has 0 aromatic heterocycles. The molecular weight excluding hydrogens is 603 g/mol. The highest BCUT2D eigenvalue weighted by Crippen LogP contribution is 2.28. The molecule has 2 atom stereocenters. The zero-order valence-electron chi connectivity index (χ0n) is 23.4. The lowest BCUT2D eigenvalue weighted by Crippen LogP contribution is -2.53. The van der Waals surface area contributed by atoms with Gasteiger partial charge in [0.25, 0.3) is 15.7 Å². The maximum atomic E-state index is 14.1. The topological polar surface area (TPSA) is 130 Å². The summed E-state index contributed by atoms with van der Waals surface area (Å²) >= 11 is 12.5. The quantitative estimate of drug-likeness (QED) is 0.186. The van der Waals surface area contributed by atoms with E-state index in [9.17, 15) is 28.1 Å². The van der Waals surface area contributed by atoms with Crippen LogP contribution in [-0.2, 0) is 26.2 Å². The van der Waals surface area contributed by atoms with Gasteiger partial charge in [0.05, 0.1) is 15.5 Å². The fraction of sp³-hybridized carbons (Fsp3) is 0.310. The first kappa shape index (κ1) is 32.8. The molecule has 2 amide bonds. The Labute approximate surface area is 255 Å². The number of nitrogens with zero attached hydrogens (tertiary/aromatic N) is 3. The second kappa shape index (κ2) is 14.5. The Morgan fingerprint density at radius 1 is 0.976 bits per heavy atom. The van der Waals surface area contributed by atoms with Crippen LogP contribution in [0.25, 0.3) is 0 Å². The van der Waals surface area contributed by atoms with Crippen LogP contribution >= 0.6 is 23.2 Å². The first-order valence-corrected chi connectivity index (χ1v) is 15.4. The number of amides is 2. The lowest BCUT2D eigenvalue weighted by Gasteiger charge is -2.34. The minimum Gasteiger partial charge on any atom is -0.352 e. The van der Waals surface area contributed by atoms with E-state index in [0.717, 1.165) is 16.4 Å². The van der Waals surface area contributed by atoms with Crippen LogP contribution in [0.15, 0.2) is 77.7 Å². The van der Waals surface area contributed by atoms with E-state index in [-0.39, 0.29) is 40.3 Å². The number of non-ortho nitro benzene ring substituents is 1. The molecule has 0 aliphatic rings. The van der Waals surface area contributed by atoms with Gasteiger partial charge in [0, 0.05) is 34.8 Å². The lowest BCUT2D eigenvalue weighted by molar-refractivity contribution is -0.384. The van der Waals surface area contributed by atoms with Crippen molar-refractivity contribution in [1.29, 1.82) is 0 Å². The van der Waals surface area contributed by atoms with Crippen LogP contribution in [0.5, 0.6) is 0 Å². The summed E-state index contributed by atoms with van der Waals surface area (Å²) in [7, 11) is -4.31. The van der Waals surface area contributed by atoms with Gasteiger partial charge in [0.2, 0.25) is 11.8 Å². The van der Waals surface area contributed by atoms with E-state index in [0.29, 0.717) is 17.0 Å². The van der Waals surface area contributed by atoms with Gasteiger partial charge in [-0.2, -0.15) is 0 Å². The van der Waals surface area contributed by atoms with Gasteiger partial charge in [-0.25, -0.2) is 8.42 Å². The first-order valence-electron chi connectivity index (χ1n) is 13.2. The molecule has 0 bridgehead atoms. The Bertz CT molecular complexity index is 1520. The molecule has 3 aromatic rings. The predicted molar refractivity (Wildman–Crippen MR) is 163 cm³/mol. The maximum Gasteiger partial charge on any atom is 0.269 e. The third-order valence-electron chi connectivity index (χ3n) is 6.70. The molecule has 0 saturated carbocycles. The Kier molecular flexibility index (Phi) is 11.3. The van der Waals surface area contributed by atoms with E-state index in [1.54, 1.807) is 37.3 Å². The number of carbonyl (C=O) groups excluding carboxylic acids is 2. The molecule has 0 unspecified atom stereocenters. The van der Waals surface area contributed by atoms with E-state index in [2.05, 4.69) is 5.32 Å². The Balaban J connectivity index is 2.09. The summed E-state index contributed by atoms with van der Waals surface area (Å²) in [5.41, 5.74) is 0.310. The van der Waals surface area contributed by atoms with E-state index in [1.807, 2.05) is 13.8 Å². The van der Waals surface area contributed by atoms with Crippen LogP contribution in [0.4, 0.5) is 11.4 Å². The minimum atomic E-state index is -4.31. The molecule has 0 saturated heterocycles. The number of rotatable bonds is 13. The second-order valence-electron chi connectivity index (χ2n) is 9.60. The van der Waals surface area contributed by atoms with Crippen LogP contribution in [-0.4, -0.2) is 48.7 Å². The number of anilines is 1. The molecular formula is C29H32Cl2N4O6S. The van der Waals surface area contributed by atoms with E-state index < -0.39 is 39.3 Å². The number of nitro benzene ring substituents is 1. The van der Waals surface area contributed by atoms with Crippen molar-refractivity contribution in [2.45, 2.75) is 57.1 Å². The molecule has 3 rings (SSSR count). The molecule has 10 nitrogen and oxygen atoms in total. The molecule has 3 aromatic carbocycles. The maximum absolute atomic E-state index is 14.1. The largest absolute Gasteiger partial charge is 0.352 e. The molecule has 0 radical (unpaired) electrons. The minimum absolute atomic E-state index is 0.0411. The van der Waals surface area contributed by atoms with Crippen LogP contribution in [0.2, 0.25) is 10.0 Å². The average molecular weight is 636 g/mol. The standard InChI is InChI=1S/C29H32Cl2N4O6S/c1-4-20(3)32-29(37)27(5-2)33(18-21-11-12-22(30)17-26(21)31)28(36)19-34(23-13-15-24(16-14-23)35(38)39)42(40,41)25-9-7-6-8-10-25/h6-17,20,27H,4-5,18-19H2,1-3H3,(H,32,37)/t20-,27+/m0/s1. The number of halogens is 2. The van der Waals surface area contributed by atoms with Crippen LogP contribution in [0, 0.1) is 10.1 Å². The zero-order valence-corrected chi connectivity index (χ0v) is 25.7. The molecule has 0 fully saturated rings. The SMILES string of the molecule is CC[C@H](C(=O)N[C@@H](C)CC)N(Cc1ccc(Cl)cc1Cl)C(=O)CN(c1ccc([N+](=O)[O-])cc1)S(=O)(=O)c1ccccc1. The third-order valence-corrected chi connectivity index (χ3v) is 9.08. The first-order chi connectivity index (χ1) is 19.9.